The van der Waals surface area contributed by atoms with Gasteiger partial charge in [0, 0.05) is 11.3 Å². The summed E-state index contributed by atoms with van der Waals surface area (Å²) in [5.74, 6) is 0.964. The fourth-order valence-corrected chi connectivity index (χ4v) is 3.44. The number of amides is 1. The minimum atomic E-state index is -0.229. The van der Waals surface area contributed by atoms with Crippen LogP contribution in [-0.4, -0.2) is 17.5 Å². The van der Waals surface area contributed by atoms with Gasteiger partial charge in [-0.05, 0) is 65.4 Å². The van der Waals surface area contributed by atoms with E-state index >= 15 is 0 Å². The van der Waals surface area contributed by atoms with Crippen LogP contribution in [0.25, 0.3) is 22.6 Å². The number of aromatic nitrogens is 1. The molecule has 0 radical (unpaired) electrons. The van der Waals surface area contributed by atoms with Crippen LogP contribution in [-0.2, 0) is 16.6 Å². The molecule has 0 saturated heterocycles. The van der Waals surface area contributed by atoms with Crippen LogP contribution in [0.4, 0.5) is 5.69 Å². The molecule has 1 aromatic heterocycles. The fourth-order valence-electron chi connectivity index (χ4n) is 3.44. The van der Waals surface area contributed by atoms with E-state index in [1.54, 1.807) is 0 Å². The van der Waals surface area contributed by atoms with Gasteiger partial charge in [0.2, 0.25) is 5.89 Å². The molecule has 0 bridgehead atoms. The minimum Gasteiger partial charge on any atom is -0.484 e. The number of oxazole rings is 1. The fraction of sp³-hybridized carbons (Fsp3) is 0.259. The molecule has 164 valence electrons. The Kier molecular flexibility index (Phi) is 5.99. The highest BCUT2D eigenvalue weighted by molar-refractivity contribution is 5.92. The van der Waals surface area contributed by atoms with Crippen LogP contribution < -0.4 is 10.1 Å². The van der Waals surface area contributed by atoms with Crippen molar-refractivity contribution in [2.75, 3.05) is 11.9 Å². The zero-order chi connectivity index (χ0) is 22.7. The summed E-state index contributed by atoms with van der Waals surface area (Å²) in [5, 5.41) is 2.88. The molecule has 0 aliphatic carbocycles. The van der Waals surface area contributed by atoms with E-state index in [2.05, 4.69) is 38.0 Å². The normalized spacial score (nSPS) is 11.5. The molecule has 5 nitrogen and oxygen atoms in total. The van der Waals surface area contributed by atoms with Crippen LogP contribution in [0.5, 0.6) is 5.75 Å². The minimum absolute atomic E-state index is 0.0677. The van der Waals surface area contributed by atoms with E-state index in [1.807, 2.05) is 66.7 Å². The number of ether oxygens (including phenoxy) is 1. The lowest BCUT2D eigenvalue weighted by Crippen LogP contribution is -2.20. The number of fused-ring (bicyclic) bond motifs is 1. The first-order chi connectivity index (χ1) is 15.3. The summed E-state index contributed by atoms with van der Waals surface area (Å²) in [7, 11) is 0. The Morgan fingerprint density at radius 2 is 1.81 bits per heavy atom. The molecule has 32 heavy (non-hydrogen) atoms. The van der Waals surface area contributed by atoms with Gasteiger partial charge in [-0.1, -0.05) is 52.0 Å². The highest BCUT2D eigenvalue weighted by atomic mass is 16.5. The third-order valence-corrected chi connectivity index (χ3v) is 5.34. The van der Waals surface area contributed by atoms with Gasteiger partial charge >= 0.3 is 0 Å². The molecule has 0 atom stereocenters. The first-order valence-electron chi connectivity index (χ1n) is 10.8. The highest BCUT2D eigenvalue weighted by Crippen LogP contribution is 2.27. The van der Waals surface area contributed by atoms with Gasteiger partial charge < -0.3 is 14.5 Å². The quantitative estimate of drug-likeness (QED) is 0.387. The van der Waals surface area contributed by atoms with Gasteiger partial charge in [-0.2, -0.15) is 0 Å². The van der Waals surface area contributed by atoms with Crippen molar-refractivity contribution in [3.8, 4) is 17.2 Å². The van der Waals surface area contributed by atoms with E-state index in [4.69, 9.17) is 9.15 Å². The Bertz CT molecular complexity index is 1230. The zero-order valence-electron chi connectivity index (χ0n) is 18.9. The molecular weight excluding hydrogens is 400 g/mol. The highest BCUT2D eigenvalue weighted by Gasteiger charge is 2.14. The molecule has 4 aromatic rings. The topological polar surface area (TPSA) is 64.4 Å². The van der Waals surface area contributed by atoms with Crippen molar-refractivity contribution < 1.29 is 13.9 Å². The Morgan fingerprint density at radius 1 is 1.03 bits per heavy atom. The average Bonchev–Trinajstić information content (AvgIpc) is 3.21. The maximum absolute atomic E-state index is 12.4. The molecule has 5 heteroatoms. The van der Waals surface area contributed by atoms with Crippen molar-refractivity contribution in [2.24, 2.45) is 0 Å². The number of carbonyl (C=O) groups excluding carboxylic acids is 1. The predicted octanol–water partition coefficient (Wildman–Crippen LogP) is 6.37. The van der Waals surface area contributed by atoms with Crippen LogP contribution in [0, 0.1) is 0 Å². The number of carbonyl (C=O) groups is 1. The van der Waals surface area contributed by atoms with Crippen molar-refractivity contribution in [3.63, 3.8) is 0 Å². The number of anilines is 1. The van der Waals surface area contributed by atoms with Gasteiger partial charge in [-0.3, -0.25) is 4.79 Å². The van der Waals surface area contributed by atoms with E-state index in [0.29, 0.717) is 17.3 Å². The standard InChI is InChI=1S/C27H28N2O3/c1-5-18-9-14-24-23(15-18)29-26(32-24)19-7-6-8-21(16-19)28-25(30)17-31-22-12-10-20(11-13-22)27(2,3)4/h6-16H,5,17H2,1-4H3,(H,28,30). The van der Waals surface area contributed by atoms with Gasteiger partial charge in [-0.25, -0.2) is 4.98 Å². The molecule has 0 aliphatic heterocycles. The number of hydrogen-bond donors (Lipinski definition) is 1. The summed E-state index contributed by atoms with van der Waals surface area (Å²) in [6.07, 6.45) is 0.947. The summed E-state index contributed by atoms with van der Waals surface area (Å²) in [6.45, 7) is 8.52. The number of nitrogens with zero attached hydrogens (tertiary/aromatic N) is 1. The van der Waals surface area contributed by atoms with Gasteiger partial charge in [-0.15, -0.1) is 0 Å². The van der Waals surface area contributed by atoms with Crippen LogP contribution in [0.2, 0.25) is 0 Å². The lowest BCUT2D eigenvalue weighted by Gasteiger charge is -2.19. The monoisotopic (exact) mass is 428 g/mol. The van der Waals surface area contributed by atoms with Crippen molar-refractivity contribution in [1.82, 2.24) is 4.98 Å². The molecule has 1 heterocycles. The van der Waals surface area contributed by atoms with Crippen molar-refractivity contribution in [1.29, 1.82) is 0 Å². The third kappa shape index (κ3) is 4.99. The Balaban J connectivity index is 1.41. The average molecular weight is 429 g/mol. The Morgan fingerprint density at radius 3 is 2.53 bits per heavy atom. The summed E-state index contributed by atoms with van der Waals surface area (Å²) in [4.78, 5) is 17.0. The van der Waals surface area contributed by atoms with E-state index < -0.39 is 0 Å². The second-order valence-corrected chi connectivity index (χ2v) is 8.87. The van der Waals surface area contributed by atoms with E-state index in [0.717, 1.165) is 23.1 Å². The lowest BCUT2D eigenvalue weighted by molar-refractivity contribution is -0.118. The van der Waals surface area contributed by atoms with Crippen molar-refractivity contribution >= 4 is 22.7 Å². The van der Waals surface area contributed by atoms with Crippen LogP contribution in [0.15, 0.2) is 71.1 Å². The molecule has 4 rings (SSSR count). The molecule has 1 amide bonds. The second-order valence-electron chi connectivity index (χ2n) is 8.87. The zero-order valence-corrected chi connectivity index (χ0v) is 18.9. The van der Waals surface area contributed by atoms with E-state index in [-0.39, 0.29) is 17.9 Å². The molecule has 0 aliphatic rings. The second kappa shape index (κ2) is 8.87. The van der Waals surface area contributed by atoms with Crippen molar-refractivity contribution in [3.05, 3.63) is 77.9 Å². The molecule has 0 spiro atoms. The maximum atomic E-state index is 12.4. The molecular formula is C27H28N2O3. The molecule has 1 N–H and O–H groups in total. The molecule has 0 fully saturated rings. The number of nitrogens with one attached hydrogen (secondary N) is 1. The summed E-state index contributed by atoms with van der Waals surface area (Å²) in [5.41, 5.74) is 5.56. The lowest BCUT2D eigenvalue weighted by atomic mass is 9.87. The molecule has 3 aromatic carbocycles. The number of rotatable bonds is 6. The van der Waals surface area contributed by atoms with Crippen LogP contribution in [0.1, 0.15) is 38.8 Å². The van der Waals surface area contributed by atoms with Crippen LogP contribution in [0.3, 0.4) is 0 Å². The maximum Gasteiger partial charge on any atom is 0.262 e. The van der Waals surface area contributed by atoms with E-state index in [9.17, 15) is 4.79 Å². The summed E-state index contributed by atoms with van der Waals surface area (Å²) in [6, 6.07) is 21.3. The van der Waals surface area contributed by atoms with Gasteiger partial charge in [0.1, 0.15) is 11.3 Å². The first kappa shape index (κ1) is 21.6. The number of hydrogen-bond acceptors (Lipinski definition) is 4. The first-order valence-corrected chi connectivity index (χ1v) is 10.8. The molecule has 0 unspecified atom stereocenters. The number of benzene rings is 3. The van der Waals surface area contributed by atoms with Gasteiger partial charge in [0.05, 0.1) is 0 Å². The van der Waals surface area contributed by atoms with Gasteiger partial charge in [0.25, 0.3) is 5.91 Å². The Labute approximate surface area is 188 Å². The van der Waals surface area contributed by atoms with Gasteiger partial charge in [0.15, 0.2) is 12.2 Å². The summed E-state index contributed by atoms with van der Waals surface area (Å²) >= 11 is 0. The summed E-state index contributed by atoms with van der Waals surface area (Å²) < 4.78 is 11.5. The largest absolute Gasteiger partial charge is 0.484 e. The molecule has 0 saturated carbocycles. The Hall–Kier alpha value is -3.60. The smallest absolute Gasteiger partial charge is 0.262 e. The third-order valence-electron chi connectivity index (χ3n) is 5.34. The van der Waals surface area contributed by atoms with Crippen molar-refractivity contribution in [2.45, 2.75) is 39.5 Å². The number of aryl methyl sites for hydroxylation is 1. The van der Waals surface area contributed by atoms with E-state index in [1.165, 1.54) is 11.1 Å². The van der Waals surface area contributed by atoms with Crippen LogP contribution >= 0.6 is 0 Å². The predicted molar refractivity (Wildman–Crippen MR) is 128 cm³/mol. The SMILES string of the molecule is CCc1ccc2oc(-c3cccc(NC(=O)COc4ccc(C(C)(C)C)cc4)c3)nc2c1.